The van der Waals surface area contributed by atoms with Crippen molar-refractivity contribution in [2.45, 2.75) is 0 Å². The molecule has 0 bridgehead atoms. The third-order valence-electron chi connectivity index (χ3n) is 3.25. The Morgan fingerprint density at radius 3 is 2.81 bits per heavy atom. The molecule has 21 heavy (non-hydrogen) atoms. The summed E-state index contributed by atoms with van der Waals surface area (Å²) in [5, 5.41) is 7.39. The van der Waals surface area contributed by atoms with Crippen molar-refractivity contribution in [3.63, 3.8) is 0 Å². The molecule has 2 aromatic rings. The predicted octanol–water partition coefficient (Wildman–Crippen LogP) is -0.142. The summed E-state index contributed by atoms with van der Waals surface area (Å²) in [5.74, 6) is 0.580. The van der Waals surface area contributed by atoms with Gasteiger partial charge in [0.2, 0.25) is 0 Å². The van der Waals surface area contributed by atoms with Gasteiger partial charge in [0.25, 0.3) is 5.95 Å². The van der Waals surface area contributed by atoms with Crippen LogP contribution in [0.5, 0.6) is 0 Å². The van der Waals surface area contributed by atoms with Crippen molar-refractivity contribution in [2.75, 3.05) is 38.2 Å². The van der Waals surface area contributed by atoms with Gasteiger partial charge < -0.3 is 15.0 Å². The van der Waals surface area contributed by atoms with Crippen LogP contribution in [0.25, 0.3) is 5.95 Å². The highest BCUT2D eigenvalue weighted by molar-refractivity contribution is 5.88. The van der Waals surface area contributed by atoms with E-state index in [0.717, 1.165) is 26.2 Å². The normalized spacial score (nSPS) is 15.0. The van der Waals surface area contributed by atoms with E-state index in [1.54, 1.807) is 24.5 Å². The van der Waals surface area contributed by atoms with Crippen LogP contribution in [0, 0.1) is 0 Å². The van der Waals surface area contributed by atoms with Crippen LogP contribution in [0.4, 0.5) is 5.82 Å². The van der Waals surface area contributed by atoms with Gasteiger partial charge in [-0.2, -0.15) is 10.1 Å². The number of anilines is 1. The van der Waals surface area contributed by atoms with Crippen LogP contribution in [-0.2, 0) is 4.74 Å². The highest BCUT2D eigenvalue weighted by atomic mass is 16.5. The molecule has 1 N–H and O–H groups in total. The molecule has 0 aromatic carbocycles. The molecule has 0 atom stereocenters. The van der Waals surface area contributed by atoms with Crippen molar-refractivity contribution >= 4 is 11.8 Å². The number of nitrogens with one attached hydrogen (secondary N) is 1. The maximum atomic E-state index is 11.8. The van der Waals surface area contributed by atoms with Crippen LogP contribution in [-0.4, -0.2) is 59.0 Å². The Labute approximate surface area is 121 Å². The van der Waals surface area contributed by atoms with Crippen LogP contribution < -0.4 is 10.2 Å². The Kier molecular flexibility index (Phi) is 3.78. The molecule has 0 spiro atoms. The molecule has 0 unspecified atom stereocenters. The molecule has 8 nitrogen and oxygen atoms in total. The Morgan fingerprint density at radius 2 is 2.14 bits per heavy atom. The van der Waals surface area contributed by atoms with Gasteiger partial charge in [0.15, 0.2) is 5.69 Å². The number of carbonyl (C=O) groups is 1. The average Bonchev–Trinajstić information content (AvgIpc) is 3.09. The fourth-order valence-corrected chi connectivity index (χ4v) is 2.18. The summed E-state index contributed by atoms with van der Waals surface area (Å²) in [6.07, 6.45) is 3.37. The van der Waals surface area contributed by atoms with E-state index in [1.165, 1.54) is 11.8 Å². The minimum atomic E-state index is -0.484. The number of ether oxygens (including phenoxy) is 1. The molecule has 2 aromatic heterocycles. The van der Waals surface area contributed by atoms with E-state index in [1.807, 2.05) is 0 Å². The standard InChI is InChI=1S/C13H16N6O2/c1-21-12(20)10-9-11(18-7-4-14-5-8-18)17-13(16-10)19-6-2-3-15-19/h2-3,6,9,14H,4-5,7-8H2,1H3. The van der Waals surface area contributed by atoms with Gasteiger partial charge in [0.05, 0.1) is 7.11 Å². The lowest BCUT2D eigenvalue weighted by Gasteiger charge is -2.28. The van der Waals surface area contributed by atoms with Crippen LogP contribution in [0.3, 0.4) is 0 Å². The largest absolute Gasteiger partial charge is 0.464 e. The van der Waals surface area contributed by atoms with E-state index in [2.05, 4.69) is 25.3 Å². The lowest BCUT2D eigenvalue weighted by Crippen LogP contribution is -2.44. The smallest absolute Gasteiger partial charge is 0.356 e. The van der Waals surface area contributed by atoms with E-state index in [0.29, 0.717) is 11.8 Å². The molecule has 1 aliphatic rings. The third-order valence-corrected chi connectivity index (χ3v) is 3.25. The first-order chi connectivity index (χ1) is 10.3. The number of hydrogen-bond acceptors (Lipinski definition) is 7. The van der Waals surface area contributed by atoms with Crippen LogP contribution in [0.15, 0.2) is 24.5 Å². The van der Waals surface area contributed by atoms with Crippen molar-refractivity contribution in [3.05, 3.63) is 30.2 Å². The number of esters is 1. The summed E-state index contributed by atoms with van der Waals surface area (Å²) in [6.45, 7) is 3.43. The average molecular weight is 288 g/mol. The fraction of sp³-hybridized carbons (Fsp3) is 0.385. The lowest BCUT2D eigenvalue weighted by atomic mass is 10.3. The first-order valence-corrected chi connectivity index (χ1v) is 6.71. The predicted molar refractivity (Wildman–Crippen MR) is 75.6 cm³/mol. The lowest BCUT2D eigenvalue weighted by molar-refractivity contribution is 0.0593. The number of methoxy groups -OCH3 is 1. The molecule has 1 aliphatic heterocycles. The van der Waals surface area contributed by atoms with Crippen molar-refractivity contribution in [2.24, 2.45) is 0 Å². The maximum Gasteiger partial charge on any atom is 0.356 e. The van der Waals surface area contributed by atoms with Gasteiger partial charge in [-0.1, -0.05) is 0 Å². The quantitative estimate of drug-likeness (QED) is 0.787. The Bertz CT molecular complexity index is 622. The monoisotopic (exact) mass is 288 g/mol. The van der Waals surface area contributed by atoms with Crippen LogP contribution in [0.1, 0.15) is 10.5 Å². The molecule has 0 saturated carbocycles. The molecular weight excluding hydrogens is 272 g/mol. The second-order valence-electron chi connectivity index (χ2n) is 4.59. The Hall–Kier alpha value is -2.48. The molecule has 110 valence electrons. The zero-order chi connectivity index (χ0) is 14.7. The fourth-order valence-electron chi connectivity index (χ4n) is 2.18. The molecule has 0 radical (unpaired) electrons. The third kappa shape index (κ3) is 2.84. The first-order valence-electron chi connectivity index (χ1n) is 6.71. The number of hydrogen-bond donors (Lipinski definition) is 1. The van der Waals surface area contributed by atoms with Crippen LogP contribution >= 0.6 is 0 Å². The number of carbonyl (C=O) groups excluding carboxylic acids is 1. The summed E-state index contributed by atoms with van der Waals surface area (Å²) < 4.78 is 6.29. The number of aromatic nitrogens is 4. The molecule has 3 rings (SSSR count). The van der Waals surface area contributed by atoms with Gasteiger partial charge in [-0.25, -0.2) is 14.5 Å². The van der Waals surface area contributed by atoms with Gasteiger partial charge in [-0.05, 0) is 6.07 Å². The van der Waals surface area contributed by atoms with Crippen molar-refractivity contribution in [1.82, 2.24) is 25.1 Å². The molecule has 8 heteroatoms. The topological polar surface area (TPSA) is 85.2 Å². The Balaban J connectivity index is 2.02. The summed E-state index contributed by atoms with van der Waals surface area (Å²) in [7, 11) is 1.34. The summed E-state index contributed by atoms with van der Waals surface area (Å²) in [4.78, 5) is 22.6. The molecule has 0 amide bonds. The van der Waals surface area contributed by atoms with Gasteiger partial charge in [-0.3, -0.25) is 0 Å². The van der Waals surface area contributed by atoms with Gasteiger partial charge >= 0.3 is 5.97 Å². The second-order valence-corrected chi connectivity index (χ2v) is 4.59. The summed E-state index contributed by atoms with van der Waals surface area (Å²) >= 11 is 0. The molecule has 0 aliphatic carbocycles. The second kappa shape index (κ2) is 5.88. The van der Waals surface area contributed by atoms with Gasteiger partial charge in [0.1, 0.15) is 5.82 Å². The van der Waals surface area contributed by atoms with Crippen molar-refractivity contribution < 1.29 is 9.53 Å². The minimum Gasteiger partial charge on any atom is -0.464 e. The highest BCUT2D eigenvalue weighted by Gasteiger charge is 2.18. The van der Waals surface area contributed by atoms with E-state index < -0.39 is 5.97 Å². The van der Waals surface area contributed by atoms with Gasteiger partial charge in [0, 0.05) is 44.6 Å². The molecule has 1 fully saturated rings. The van der Waals surface area contributed by atoms with Crippen LogP contribution in [0.2, 0.25) is 0 Å². The van der Waals surface area contributed by atoms with E-state index in [4.69, 9.17) is 4.74 Å². The number of rotatable bonds is 3. The number of piperazine rings is 1. The zero-order valence-corrected chi connectivity index (χ0v) is 11.7. The van der Waals surface area contributed by atoms with Crippen molar-refractivity contribution in [3.8, 4) is 5.95 Å². The molecule has 1 saturated heterocycles. The molecular formula is C13H16N6O2. The maximum absolute atomic E-state index is 11.8. The van der Waals surface area contributed by atoms with E-state index >= 15 is 0 Å². The summed E-state index contributed by atoms with van der Waals surface area (Å²) in [6, 6.07) is 3.43. The minimum absolute atomic E-state index is 0.228. The van der Waals surface area contributed by atoms with E-state index in [-0.39, 0.29) is 5.69 Å². The van der Waals surface area contributed by atoms with E-state index in [9.17, 15) is 4.79 Å². The van der Waals surface area contributed by atoms with Gasteiger partial charge in [-0.15, -0.1) is 0 Å². The Morgan fingerprint density at radius 1 is 1.33 bits per heavy atom. The number of nitrogens with zero attached hydrogens (tertiary/aromatic N) is 5. The SMILES string of the molecule is COC(=O)c1cc(N2CCNCC2)nc(-n2cccn2)n1. The van der Waals surface area contributed by atoms with Crippen molar-refractivity contribution in [1.29, 1.82) is 0 Å². The first kappa shape index (κ1) is 13.5. The molecule has 3 heterocycles. The zero-order valence-electron chi connectivity index (χ0n) is 11.7. The summed E-state index contributed by atoms with van der Waals surface area (Å²) in [5.41, 5.74) is 0.228. The highest BCUT2D eigenvalue weighted by Crippen LogP contribution is 2.16.